The molecule has 0 saturated heterocycles. The molecule has 0 radical (unpaired) electrons. The van der Waals surface area contributed by atoms with Crippen molar-refractivity contribution in [1.29, 1.82) is 0 Å². The summed E-state index contributed by atoms with van der Waals surface area (Å²) in [5, 5.41) is 9.20. The number of hydrogen-bond acceptors (Lipinski definition) is 3. The van der Waals surface area contributed by atoms with E-state index in [0.29, 0.717) is 16.0 Å². The van der Waals surface area contributed by atoms with Gasteiger partial charge in [-0.1, -0.05) is 56.0 Å². The number of halogens is 2. The average Bonchev–Trinajstić information content (AvgIpc) is 3.25. The maximum absolute atomic E-state index is 14.2. The van der Waals surface area contributed by atoms with Gasteiger partial charge in [0.1, 0.15) is 11.9 Å². The maximum atomic E-state index is 14.2. The van der Waals surface area contributed by atoms with Crippen LogP contribution in [0.4, 0.5) is 5.82 Å². The van der Waals surface area contributed by atoms with Crippen LogP contribution in [0.3, 0.4) is 0 Å². The molecule has 2 aliphatic heterocycles. The molecule has 1 aliphatic carbocycles. The molecule has 7 heteroatoms. The van der Waals surface area contributed by atoms with Crippen molar-refractivity contribution in [2.75, 3.05) is 11.9 Å². The number of hydrogen-bond donors (Lipinski definition) is 1. The molecule has 0 bridgehead atoms. The van der Waals surface area contributed by atoms with E-state index in [4.69, 9.17) is 23.2 Å². The molecular weight excluding hydrogens is 431 g/mol. The summed E-state index contributed by atoms with van der Waals surface area (Å²) in [5.74, 6) is 1.35. The number of carbonyl (C=O) groups excluding carboxylic acids is 1. The van der Waals surface area contributed by atoms with E-state index in [1.807, 2.05) is 22.9 Å². The molecule has 3 aliphatic rings. The second-order valence-electron chi connectivity index (χ2n) is 8.90. The average molecular weight is 459 g/mol. The number of fused-ring (bicyclic) bond motifs is 3. The quantitative estimate of drug-likeness (QED) is 0.606. The lowest BCUT2D eigenvalue weighted by Gasteiger charge is -2.56. The van der Waals surface area contributed by atoms with Gasteiger partial charge in [0.15, 0.2) is 0 Å². The first-order chi connectivity index (χ1) is 15.0. The van der Waals surface area contributed by atoms with E-state index in [1.54, 1.807) is 12.3 Å². The number of rotatable bonds is 4. The lowest BCUT2D eigenvalue weighted by Crippen LogP contribution is -2.63. The third-order valence-corrected chi connectivity index (χ3v) is 8.16. The van der Waals surface area contributed by atoms with Crippen LogP contribution >= 0.6 is 23.2 Å². The highest BCUT2D eigenvalue weighted by Crippen LogP contribution is 2.53. The van der Waals surface area contributed by atoms with Crippen molar-refractivity contribution in [1.82, 2.24) is 14.7 Å². The molecule has 1 fully saturated rings. The first-order valence-electron chi connectivity index (χ1n) is 11.3. The Balaban J connectivity index is 1.74. The summed E-state index contributed by atoms with van der Waals surface area (Å²) >= 11 is 12.6. The van der Waals surface area contributed by atoms with Gasteiger partial charge in [0.05, 0.1) is 27.4 Å². The molecule has 2 aromatic rings. The molecule has 1 saturated carbocycles. The molecule has 1 aromatic heterocycles. The van der Waals surface area contributed by atoms with Gasteiger partial charge < -0.3 is 10.2 Å². The molecule has 1 amide bonds. The van der Waals surface area contributed by atoms with Crippen molar-refractivity contribution in [3.8, 4) is 0 Å². The minimum Gasteiger partial charge on any atom is -0.343 e. The molecule has 0 spiro atoms. The smallest absolute Gasteiger partial charge is 0.254 e. The zero-order chi connectivity index (χ0) is 21.8. The van der Waals surface area contributed by atoms with Crippen LogP contribution in [0.2, 0.25) is 10.0 Å². The highest BCUT2D eigenvalue weighted by atomic mass is 35.5. The van der Waals surface area contributed by atoms with Crippen molar-refractivity contribution >= 4 is 34.9 Å². The summed E-state index contributed by atoms with van der Waals surface area (Å²) in [6.45, 7) is 5.17. The number of anilines is 1. The van der Waals surface area contributed by atoms with Crippen LogP contribution in [0.15, 0.2) is 41.7 Å². The molecule has 3 atom stereocenters. The molecule has 31 heavy (non-hydrogen) atoms. The lowest BCUT2D eigenvalue weighted by molar-refractivity contribution is -0.140. The fraction of sp³-hybridized carbons (Fsp3) is 0.500. The van der Waals surface area contributed by atoms with Gasteiger partial charge in [0.2, 0.25) is 0 Å². The van der Waals surface area contributed by atoms with E-state index < -0.39 is 0 Å². The summed E-state index contributed by atoms with van der Waals surface area (Å²) in [6, 6.07) is 7.29. The van der Waals surface area contributed by atoms with E-state index in [-0.39, 0.29) is 17.5 Å². The monoisotopic (exact) mass is 458 g/mol. The number of aromatic nitrogens is 2. The van der Waals surface area contributed by atoms with Gasteiger partial charge >= 0.3 is 0 Å². The Hall–Kier alpha value is -1.98. The standard InChI is InChI=1S/C24H28Cl2N4O/c1-3-13-29-23(31)20-21(16-7-5-6-11-24(16,29)4-2)28-19-10-12-27-30(19)22(20)15-8-9-17(25)18(26)14-15/h8-10,12,14,16,22,28H,3-7,11,13H2,1-2H3. The van der Waals surface area contributed by atoms with E-state index in [9.17, 15) is 4.79 Å². The largest absolute Gasteiger partial charge is 0.343 e. The van der Waals surface area contributed by atoms with Crippen LogP contribution in [-0.4, -0.2) is 32.7 Å². The molecule has 1 aromatic carbocycles. The van der Waals surface area contributed by atoms with Gasteiger partial charge in [-0.3, -0.25) is 4.79 Å². The fourth-order valence-electron chi connectivity index (χ4n) is 6.06. The number of amides is 1. The van der Waals surface area contributed by atoms with Crippen LogP contribution in [0.5, 0.6) is 0 Å². The van der Waals surface area contributed by atoms with Gasteiger partial charge in [-0.15, -0.1) is 0 Å². The third-order valence-electron chi connectivity index (χ3n) is 7.42. The number of benzene rings is 1. The molecular formula is C24H28Cl2N4O. The molecule has 1 N–H and O–H groups in total. The Kier molecular flexibility index (Phi) is 5.30. The molecule has 5 rings (SSSR count). The van der Waals surface area contributed by atoms with Gasteiger partial charge in [-0.2, -0.15) is 5.10 Å². The number of nitrogens with one attached hydrogen (secondary N) is 1. The van der Waals surface area contributed by atoms with Gasteiger partial charge in [-0.05, 0) is 43.4 Å². The Morgan fingerprint density at radius 2 is 2.03 bits per heavy atom. The fourth-order valence-corrected chi connectivity index (χ4v) is 6.37. The minimum absolute atomic E-state index is 0.110. The summed E-state index contributed by atoms with van der Waals surface area (Å²) in [6.07, 6.45) is 8.22. The molecule has 3 unspecified atom stereocenters. The second kappa shape index (κ2) is 7.86. The normalized spacial score (nSPS) is 27.5. The Labute approximate surface area is 193 Å². The van der Waals surface area contributed by atoms with Crippen LogP contribution in [0.25, 0.3) is 0 Å². The maximum Gasteiger partial charge on any atom is 0.254 e. The number of carbonyl (C=O) groups is 1. The van der Waals surface area contributed by atoms with Gasteiger partial charge in [0.25, 0.3) is 5.91 Å². The van der Waals surface area contributed by atoms with Crippen molar-refractivity contribution < 1.29 is 4.79 Å². The molecule has 5 nitrogen and oxygen atoms in total. The third kappa shape index (κ3) is 3.04. The van der Waals surface area contributed by atoms with Crippen molar-refractivity contribution in [3.63, 3.8) is 0 Å². The van der Waals surface area contributed by atoms with Crippen LogP contribution in [0, 0.1) is 5.92 Å². The van der Waals surface area contributed by atoms with E-state index >= 15 is 0 Å². The molecule has 3 heterocycles. The summed E-state index contributed by atoms with van der Waals surface area (Å²) in [7, 11) is 0. The minimum atomic E-state index is -0.320. The van der Waals surface area contributed by atoms with Crippen LogP contribution in [0.1, 0.15) is 64.0 Å². The Morgan fingerprint density at radius 1 is 1.19 bits per heavy atom. The topological polar surface area (TPSA) is 50.2 Å². The zero-order valence-corrected chi connectivity index (χ0v) is 19.5. The van der Waals surface area contributed by atoms with E-state index in [1.165, 1.54) is 12.8 Å². The highest BCUT2D eigenvalue weighted by molar-refractivity contribution is 6.42. The summed E-state index contributed by atoms with van der Waals surface area (Å²) in [5.41, 5.74) is 2.71. The second-order valence-corrected chi connectivity index (χ2v) is 9.72. The van der Waals surface area contributed by atoms with E-state index in [2.05, 4.69) is 29.2 Å². The van der Waals surface area contributed by atoms with Crippen LogP contribution in [-0.2, 0) is 4.79 Å². The van der Waals surface area contributed by atoms with Crippen molar-refractivity contribution in [3.05, 3.63) is 57.3 Å². The van der Waals surface area contributed by atoms with Gasteiger partial charge in [-0.25, -0.2) is 4.68 Å². The SMILES string of the molecule is CCCN1C(=O)C2=C(Nc3ccnn3C2c2ccc(Cl)c(Cl)c2)C2CCCCC21CC. The lowest BCUT2D eigenvalue weighted by atomic mass is 9.64. The summed E-state index contributed by atoms with van der Waals surface area (Å²) in [4.78, 5) is 16.4. The first kappa shape index (κ1) is 20.9. The van der Waals surface area contributed by atoms with Crippen molar-refractivity contribution in [2.24, 2.45) is 5.92 Å². The Morgan fingerprint density at radius 3 is 2.77 bits per heavy atom. The van der Waals surface area contributed by atoms with Crippen molar-refractivity contribution in [2.45, 2.75) is 64.0 Å². The van der Waals surface area contributed by atoms with Crippen LogP contribution < -0.4 is 5.32 Å². The van der Waals surface area contributed by atoms with E-state index in [0.717, 1.165) is 54.9 Å². The zero-order valence-electron chi connectivity index (χ0n) is 18.0. The summed E-state index contributed by atoms with van der Waals surface area (Å²) < 4.78 is 1.90. The number of nitrogens with zero attached hydrogens (tertiary/aromatic N) is 3. The van der Waals surface area contributed by atoms with Gasteiger partial charge in [0, 0.05) is 24.2 Å². The Bertz CT molecular complexity index is 1060. The predicted molar refractivity (Wildman–Crippen MR) is 124 cm³/mol. The predicted octanol–water partition coefficient (Wildman–Crippen LogP) is 6.05. The molecule has 164 valence electrons. The highest BCUT2D eigenvalue weighted by Gasteiger charge is 2.55. The first-order valence-corrected chi connectivity index (χ1v) is 12.1.